The third-order valence-corrected chi connectivity index (χ3v) is 5.66. The molecule has 2 rings (SSSR count). The summed E-state index contributed by atoms with van der Waals surface area (Å²) in [7, 11) is -3.55. The number of rotatable bonds is 4. The summed E-state index contributed by atoms with van der Waals surface area (Å²) in [5.41, 5.74) is 0. The normalized spacial score (nSPS) is 13.7. The third kappa shape index (κ3) is 2.79. The predicted molar refractivity (Wildman–Crippen MR) is 71.9 cm³/mol. The lowest BCUT2D eigenvalue weighted by Crippen LogP contribution is -2.27. The molecule has 2 aromatic rings. The number of aryl methyl sites for hydroxylation is 1. The Hall–Kier alpha value is -0.770. The molecule has 0 spiro atoms. The number of nitrogens with one attached hydrogen (secondary N) is 2. The van der Waals surface area contributed by atoms with E-state index in [4.69, 9.17) is 0 Å². The Morgan fingerprint density at radius 1 is 1.56 bits per heavy atom. The minimum absolute atomic E-state index is 0.283. The molecule has 0 aromatic carbocycles. The van der Waals surface area contributed by atoms with E-state index in [1.165, 1.54) is 17.7 Å². The van der Waals surface area contributed by atoms with Crippen molar-refractivity contribution in [3.63, 3.8) is 0 Å². The van der Waals surface area contributed by atoms with Gasteiger partial charge in [0.1, 0.15) is 12.2 Å². The SMILES string of the molecule is Cc1sc(Br)cc1S(=O)(=O)NC(C)c1ncn[nH]1. The van der Waals surface area contributed by atoms with Crippen molar-refractivity contribution in [3.05, 3.63) is 26.9 Å². The van der Waals surface area contributed by atoms with Crippen LogP contribution in [0.25, 0.3) is 0 Å². The first kappa shape index (κ1) is 13.7. The number of aromatic amines is 1. The fourth-order valence-corrected chi connectivity index (χ4v) is 5.09. The number of aromatic nitrogens is 3. The van der Waals surface area contributed by atoms with Gasteiger partial charge in [0, 0.05) is 4.88 Å². The molecule has 1 atom stereocenters. The first-order chi connectivity index (χ1) is 8.40. The van der Waals surface area contributed by atoms with E-state index in [1.807, 2.05) is 0 Å². The van der Waals surface area contributed by atoms with Crippen molar-refractivity contribution >= 4 is 37.3 Å². The van der Waals surface area contributed by atoms with Crippen LogP contribution in [-0.2, 0) is 10.0 Å². The fraction of sp³-hybridized carbons (Fsp3) is 0.333. The van der Waals surface area contributed by atoms with Crippen molar-refractivity contribution in [2.24, 2.45) is 0 Å². The molecule has 6 nitrogen and oxygen atoms in total. The number of nitrogens with zero attached hydrogens (tertiary/aromatic N) is 2. The van der Waals surface area contributed by atoms with Crippen molar-refractivity contribution in [2.45, 2.75) is 24.8 Å². The molecule has 18 heavy (non-hydrogen) atoms. The predicted octanol–water partition coefficient (Wildman–Crippen LogP) is 1.98. The minimum Gasteiger partial charge on any atom is -0.262 e. The molecule has 0 fully saturated rings. The van der Waals surface area contributed by atoms with E-state index in [0.717, 1.165) is 8.66 Å². The van der Waals surface area contributed by atoms with Gasteiger partial charge in [-0.15, -0.1) is 11.3 Å². The molecular weight excluding hydrogens is 340 g/mol. The summed E-state index contributed by atoms with van der Waals surface area (Å²) in [6, 6.07) is 1.13. The summed E-state index contributed by atoms with van der Waals surface area (Å²) in [4.78, 5) is 4.94. The van der Waals surface area contributed by atoms with Crippen LogP contribution in [0.2, 0.25) is 0 Å². The Balaban J connectivity index is 2.25. The van der Waals surface area contributed by atoms with Crippen LogP contribution in [0.5, 0.6) is 0 Å². The second kappa shape index (κ2) is 5.08. The summed E-state index contributed by atoms with van der Waals surface area (Å²) in [5, 5.41) is 6.33. The van der Waals surface area contributed by atoms with Gasteiger partial charge in [0.2, 0.25) is 10.0 Å². The van der Waals surface area contributed by atoms with Crippen LogP contribution >= 0.6 is 27.3 Å². The average molecular weight is 351 g/mol. The molecule has 0 radical (unpaired) electrons. The maximum atomic E-state index is 12.2. The van der Waals surface area contributed by atoms with Crippen molar-refractivity contribution in [1.29, 1.82) is 0 Å². The summed E-state index contributed by atoms with van der Waals surface area (Å²) >= 11 is 4.66. The van der Waals surface area contributed by atoms with Crippen LogP contribution in [0, 0.1) is 6.92 Å². The minimum atomic E-state index is -3.55. The molecule has 9 heteroatoms. The Kier molecular flexibility index (Phi) is 3.85. The van der Waals surface area contributed by atoms with Gasteiger partial charge in [0.25, 0.3) is 0 Å². The molecule has 0 saturated carbocycles. The molecule has 2 aromatic heterocycles. The van der Waals surface area contributed by atoms with Gasteiger partial charge in [-0.05, 0) is 35.8 Å². The van der Waals surface area contributed by atoms with Crippen LogP contribution in [-0.4, -0.2) is 23.6 Å². The molecule has 2 heterocycles. The van der Waals surface area contributed by atoms with Crippen LogP contribution in [0.4, 0.5) is 0 Å². The van der Waals surface area contributed by atoms with Gasteiger partial charge in [-0.1, -0.05) is 0 Å². The molecule has 0 bridgehead atoms. The summed E-state index contributed by atoms with van der Waals surface area (Å²) in [5.74, 6) is 0.477. The lowest BCUT2D eigenvalue weighted by molar-refractivity contribution is 0.560. The quantitative estimate of drug-likeness (QED) is 0.882. The Labute approximate surface area is 117 Å². The summed E-state index contributed by atoms with van der Waals surface area (Å²) in [6.07, 6.45) is 1.34. The summed E-state index contributed by atoms with van der Waals surface area (Å²) < 4.78 is 27.7. The molecular formula is C9H11BrN4O2S2. The van der Waals surface area contributed by atoms with Gasteiger partial charge in [0.05, 0.1) is 14.7 Å². The van der Waals surface area contributed by atoms with E-state index in [9.17, 15) is 8.42 Å². The van der Waals surface area contributed by atoms with E-state index in [-0.39, 0.29) is 4.90 Å². The molecule has 2 N–H and O–H groups in total. The van der Waals surface area contributed by atoms with E-state index in [2.05, 4.69) is 35.8 Å². The second-order valence-electron chi connectivity index (χ2n) is 3.68. The van der Waals surface area contributed by atoms with Gasteiger partial charge in [-0.2, -0.15) is 5.10 Å². The average Bonchev–Trinajstić information content (AvgIpc) is 2.86. The molecule has 0 aliphatic carbocycles. The van der Waals surface area contributed by atoms with Gasteiger partial charge in [-0.25, -0.2) is 18.1 Å². The largest absolute Gasteiger partial charge is 0.262 e. The summed E-state index contributed by atoms with van der Waals surface area (Å²) in [6.45, 7) is 3.47. The van der Waals surface area contributed by atoms with Crippen LogP contribution in [0.15, 0.2) is 21.1 Å². The first-order valence-corrected chi connectivity index (χ1v) is 8.13. The van der Waals surface area contributed by atoms with Crippen LogP contribution in [0.3, 0.4) is 0 Å². The van der Waals surface area contributed by atoms with Gasteiger partial charge in [0.15, 0.2) is 0 Å². The van der Waals surface area contributed by atoms with E-state index in [1.54, 1.807) is 19.9 Å². The first-order valence-electron chi connectivity index (χ1n) is 5.03. The Morgan fingerprint density at radius 2 is 2.28 bits per heavy atom. The number of thiophene rings is 1. The highest BCUT2D eigenvalue weighted by atomic mass is 79.9. The van der Waals surface area contributed by atoms with E-state index < -0.39 is 16.1 Å². The fourth-order valence-electron chi connectivity index (χ4n) is 1.47. The van der Waals surface area contributed by atoms with E-state index >= 15 is 0 Å². The number of hydrogen-bond acceptors (Lipinski definition) is 5. The maximum absolute atomic E-state index is 12.2. The van der Waals surface area contributed by atoms with Crippen LogP contribution in [0.1, 0.15) is 23.7 Å². The highest BCUT2D eigenvalue weighted by Gasteiger charge is 2.23. The van der Waals surface area contributed by atoms with Crippen molar-refractivity contribution in [3.8, 4) is 0 Å². The molecule has 0 aliphatic rings. The zero-order valence-corrected chi connectivity index (χ0v) is 12.9. The van der Waals surface area contributed by atoms with Crippen LogP contribution < -0.4 is 4.72 Å². The highest BCUT2D eigenvalue weighted by molar-refractivity contribution is 9.11. The standard InChI is InChI=1S/C9H11BrN4O2S2/c1-5(9-11-4-12-13-9)14-18(15,16)7-3-8(10)17-6(7)2/h3-5,14H,1-2H3,(H,11,12,13). The smallest absolute Gasteiger partial charge is 0.242 e. The number of halogens is 1. The van der Waals surface area contributed by atoms with E-state index in [0.29, 0.717) is 5.82 Å². The van der Waals surface area contributed by atoms with Gasteiger partial charge in [-0.3, -0.25) is 5.10 Å². The number of H-pyrrole nitrogens is 1. The van der Waals surface area contributed by atoms with Crippen molar-refractivity contribution < 1.29 is 8.42 Å². The number of hydrogen-bond donors (Lipinski definition) is 2. The maximum Gasteiger partial charge on any atom is 0.242 e. The topological polar surface area (TPSA) is 87.7 Å². The molecule has 1 unspecified atom stereocenters. The zero-order valence-electron chi connectivity index (χ0n) is 9.64. The van der Waals surface area contributed by atoms with Gasteiger partial charge < -0.3 is 0 Å². The molecule has 0 aliphatic heterocycles. The zero-order chi connectivity index (χ0) is 13.3. The molecule has 0 saturated heterocycles. The van der Waals surface area contributed by atoms with Crippen molar-refractivity contribution in [1.82, 2.24) is 19.9 Å². The lowest BCUT2D eigenvalue weighted by atomic mass is 10.3. The monoisotopic (exact) mass is 350 g/mol. The second-order valence-corrected chi connectivity index (χ2v) is 8.00. The lowest BCUT2D eigenvalue weighted by Gasteiger charge is -2.11. The highest BCUT2D eigenvalue weighted by Crippen LogP contribution is 2.30. The Morgan fingerprint density at radius 3 is 2.78 bits per heavy atom. The van der Waals surface area contributed by atoms with Gasteiger partial charge >= 0.3 is 0 Å². The molecule has 0 amide bonds. The Bertz CT molecular complexity index is 636. The number of sulfonamides is 1. The molecule has 98 valence electrons. The van der Waals surface area contributed by atoms with Crippen molar-refractivity contribution in [2.75, 3.05) is 0 Å². The third-order valence-electron chi connectivity index (χ3n) is 2.31.